The Balaban J connectivity index is 0.00000392. The van der Waals surface area contributed by atoms with E-state index in [2.05, 4.69) is 20.6 Å². The van der Waals surface area contributed by atoms with Crippen molar-refractivity contribution in [3.63, 3.8) is 0 Å². The summed E-state index contributed by atoms with van der Waals surface area (Å²) in [5.41, 5.74) is 2.15. The van der Waals surface area contributed by atoms with Crippen molar-refractivity contribution in [3.05, 3.63) is 58.9 Å². The first kappa shape index (κ1) is 24.5. The normalized spacial score (nSPS) is 10.9. The fourth-order valence-electron chi connectivity index (χ4n) is 2.30. The summed E-state index contributed by atoms with van der Waals surface area (Å²) < 4.78 is 10.6. The average molecular weight is 519 g/mol. The maximum absolute atomic E-state index is 5.83. The fourth-order valence-corrected chi connectivity index (χ4v) is 2.41. The maximum Gasteiger partial charge on any atom is 0.191 e. The van der Waals surface area contributed by atoms with E-state index in [9.17, 15) is 0 Å². The molecule has 154 valence electrons. The SMILES string of the molecule is CCOCCCNC(=NCc1ccc(Cl)nc1)NCc1ccc(OC)cc1.I. The number of pyridine rings is 1. The summed E-state index contributed by atoms with van der Waals surface area (Å²) in [4.78, 5) is 8.73. The van der Waals surface area contributed by atoms with E-state index in [1.165, 1.54) is 0 Å². The minimum absolute atomic E-state index is 0. The molecule has 0 aliphatic carbocycles. The molecule has 0 fully saturated rings. The van der Waals surface area contributed by atoms with Crippen molar-refractivity contribution in [2.24, 2.45) is 4.99 Å². The van der Waals surface area contributed by atoms with Crippen LogP contribution in [0.25, 0.3) is 0 Å². The molecule has 2 rings (SSSR count). The van der Waals surface area contributed by atoms with Crippen molar-refractivity contribution in [1.29, 1.82) is 0 Å². The van der Waals surface area contributed by atoms with E-state index >= 15 is 0 Å². The molecule has 8 heteroatoms. The number of aromatic nitrogens is 1. The van der Waals surface area contributed by atoms with Gasteiger partial charge in [0.2, 0.25) is 0 Å². The van der Waals surface area contributed by atoms with E-state index in [-0.39, 0.29) is 24.0 Å². The number of hydrogen-bond donors (Lipinski definition) is 2. The van der Waals surface area contributed by atoms with Crippen LogP contribution in [0.5, 0.6) is 5.75 Å². The lowest BCUT2D eigenvalue weighted by Gasteiger charge is -2.13. The largest absolute Gasteiger partial charge is 0.497 e. The van der Waals surface area contributed by atoms with Gasteiger partial charge in [-0.1, -0.05) is 29.8 Å². The molecule has 0 radical (unpaired) electrons. The van der Waals surface area contributed by atoms with Gasteiger partial charge in [-0.25, -0.2) is 9.98 Å². The molecule has 0 saturated carbocycles. The highest BCUT2D eigenvalue weighted by atomic mass is 127. The van der Waals surface area contributed by atoms with Gasteiger partial charge in [-0.3, -0.25) is 0 Å². The van der Waals surface area contributed by atoms with Crippen LogP contribution in [-0.4, -0.2) is 37.8 Å². The number of hydrogen-bond acceptors (Lipinski definition) is 4. The topological polar surface area (TPSA) is 67.8 Å². The second-order valence-corrected chi connectivity index (χ2v) is 6.22. The van der Waals surface area contributed by atoms with Crippen molar-refractivity contribution in [1.82, 2.24) is 15.6 Å². The van der Waals surface area contributed by atoms with Crippen molar-refractivity contribution in [2.45, 2.75) is 26.4 Å². The zero-order valence-electron chi connectivity index (χ0n) is 16.3. The molecule has 0 amide bonds. The molecule has 2 aromatic rings. The van der Waals surface area contributed by atoms with Crippen LogP contribution in [-0.2, 0) is 17.8 Å². The molecular weight excluding hydrogens is 491 g/mol. The number of ether oxygens (including phenoxy) is 2. The lowest BCUT2D eigenvalue weighted by Crippen LogP contribution is -2.37. The van der Waals surface area contributed by atoms with E-state index in [1.807, 2.05) is 37.3 Å². The predicted octanol–water partition coefficient (Wildman–Crippen LogP) is 4.02. The summed E-state index contributed by atoms with van der Waals surface area (Å²) in [7, 11) is 1.66. The van der Waals surface area contributed by atoms with E-state index in [4.69, 9.17) is 21.1 Å². The van der Waals surface area contributed by atoms with Gasteiger partial charge in [0.1, 0.15) is 10.9 Å². The van der Waals surface area contributed by atoms with Gasteiger partial charge in [0.15, 0.2) is 5.96 Å². The molecular formula is C20H28ClIN4O2. The highest BCUT2D eigenvalue weighted by Crippen LogP contribution is 2.11. The van der Waals surface area contributed by atoms with Crippen LogP contribution >= 0.6 is 35.6 Å². The Bertz CT molecular complexity index is 696. The molecule has 0 atom stereocenters. The molecule has 0 aliphatic heterocycles. The molecule has 28 heavy (non-hydrogen) atoms. The van der Waals surface area contributed by atoms with E-state index in [0.717, 1.165) is 49.0 Å². The Morgan fingerprint density at radius 2 is 1.86 bits per heavy atom. The number of guanidine groups is 1. The Morgan fingerprint density at radius 3 is 2.50 bits per heavy atom. The maximum atomic E-state index is 5.83. The van der Waals surface area contributed by atoms with Gasteiger partial charge in [0.05, 0.1) is 13.7 Å². The number of halogens is 2. The summed E-state index contributed by atoms with van der Waals surface area (Å²) in [5.74, 6) is 1.59. The van der Waals surface area contributed by atoms with Crippen molar-refractivity contribution in [3.8, 4) is 5.75 Å². The van der Waals surface area contributed by atoms with E-state index in [0.29, 0.717) is 18.2 Å². The number of nitrogens with zero attached hydrogens (tertiary/aromatic N) is 2. The van der Waals surface area contributed by atoms with Crippen molar-refractivity contribution < 1.29 is 9.47 Å². The third-order valence-electron chi connectivity index (χ3n) is 3.79. The minimum Gasteiger partial charge on any atom is -0.497 e. The minimum atomic E-state index is 0. The summed E-state index contributed by atoms with van der Waals surface area (Å²) in [6, 6.07) is 11.6. The molecule has 0 unspecified atom stereocenters. The van der Waals surface area contributed by atoms with Gasteiger partial charge >= 0.3 is 0 Å². The second-order valence-electron chi connectivity index (χ2n) is 5.83. The molecule has 6 nitrogen and oxygen atoms in total. The van der Waals surface area contributed by atoms with Crippen LogP contribution in [0.3, 0.4) is 0 Å². The van der Waals surface area contributed by atoms with Gasteiger partial charge in [-0.15, -0.1) is 24.0 Å². The third-order valence-corrected chi connectivity index (χ3v) is 4.01. The molecule has 1 aromatic heterocycles. The second kappa shape index (κ2) is 14.4. The Kier molecular flexibility index (Phi) is 12.6. The number of rotatable bonds is 10. The molecule has 0 bridgehead atoms. The monoisotopic (exact) mass is 518 g/mol. The fraction of sp³-hybridized carbons (Fsp3) is 0.400. The zero-order valence-corrected chi connectivity index (χ0v) is 19.4. The first-order valence-corrected chi connectivity index (χ1v) is 9.42. The number of methoxy groups -OCH3 is 1. The van der Waals surface area contributed by atoms with Crippen LogP contribution in [0.15, 0.2) is 47.6 Å². The third kappa shape index (κ3) is 9.57. The van der Waals surface area contributed by atoms with Gasteiger partial charge in [0, 0.05) is 32.5 Å². The molecule has 0 aliphatic rings. The molecule has 0 saturated heterocycles. The summed E-state index contributed by atoms with van der Waals surface area (Å²) >= 11 is 5.83. The zero-order chi connectivity index (χ0) is 19.3. The van der Waals surface area contributed by atoms with Crippen molar-refractivity contribution >= 4 is 41.5 Å². The van der Waals surface area contributed by atoms with Gasteiger partial charge in [-0.2, -0.15) is 0 Å². The summed E-state index contributed by atoms with van der Waals surface area (Å²) in [6.45, 7) is 5.44. The first-order valence-electron chi connectivity index (χ1n) is 9.04. The quantitative estimate of drug-likeness (QED) is 0.163. The van der Waals surface area contributed by atoms with Crippen LogP contribution in [0.1, 0.15) is 24.5 Å². The smallest absolute Gasteiger partial charge is 0.191 e. The Morgan fingerprint density at radius 1 is 1.11 bits per heavy atom. The van der Waals surface area contributed by atoms with Crippen molar-refractivity contribution in [2.75, 3.05) is 26.9 Å². The van der Waals surface area contributed by atoms with Gasteiger partial charge in [-0.05, 0) is 42.7 Å². The number of nitrogens with one attached hydrogen (secondary N) is 2. The first-order chi connectivity index (χ1) is 13.2. The van der Waals surface area contributed by atoms with Crippen LogP contribution in [0, 0.1) is 0 Å². The lowest BCUT2D eigenvalue weighted by atomic mass is 10.2. The standard InChI is InChI=1S/C20H27ClN4O2.HI/c1-3-27-12-4-11-22-20(25-15-17-7-10-19(21)23-14-17)24-13-16-5-8-18(26-2)9-6-16;/h5-10,14H,3-4,11-13,15H2,1-2H3,(H2,22,24,25);1H. The van der Waals surface area contributed by atoms with Crippen LogP contribution < -0.4 is 15.4 Å². The van der Waals surface area contributed by atoms with Crippen LogP contribution in [0.2, 0.25) is 5.15 Å². The molecule has 0 spiro atoms. The molecule has 1 aromatic carbocycles. The van der Waals surface area contributed by atoms with E-state index < -0.39 is 0 Å². The van der Waals surface area contributed by atoms with Gasteiger partial charge < -0.3 is 20.1 Å². The number of benzene rings is 1. The van der Waals surface area contributed by atoms with E-state index in [1.54, 1.807) is 19.4 Å². The number of aliphatic imine (C=N–C) groups is 1. The lowest BCUT2D eigenvalue weighted by molar-refractivity contribution is 0.145. The van der Waals surface area contributed by atoms with Crippen LogP contribution in [0.4, 0.5) is 0 Å². The summed E-state index contributed by atoms with van der Waals surface area (Å²) in [6.07, 6.45) is 2.65. The Labute approximate surface area is 189 Å². The average Bonchev–Trinajstić information content (AvgIpc) is 2.71. The predicted molar refractivity (Wildman–Crippen MR) is 125 cm³/mol. The molecule has 2 N–H and O–H groups in total. The molecule has 1 heterocycles. The highest BCUT2D eigenvalue weighted by molar-refractivity contribution is 14.0. The Hall–Kier alpha value is -1.58. The van der Waals surface area contributed by atoms with Gasteiger partial charge in [0.25, 0.3) is 0 Å². The highest BCUT2D eigenvalue weighted by Gasteiger charge is 2.01. The summed E-state index contributed by atoms with van der Waals surface area (Å²) in [5, 5.41) is 7.18.